The van der Waals surface area contributed by atoms with Gasteiger partial charge in [-0.05, 0) is 29.3 Å². The van der Waals surface area contributed by atoms with Crippen molar-refractivity contribution in [1.82, 2.24) is 0 Å². The fourth-order valence-corrected chi connectivity index (χ4v) is 3.35. The van der Waals surface area contributed by atoms with Crippen LogP contribution < -0.4 is 5.32 Å². The highest BCUT2D eigenvalue weighted by Crippen LogP contribution is 2.41. The van der Waals surface area contributed by atoms with E-state index < -0.39 is 5.97 Å². The predicted octanol–water partition coefficient (Wildman–Crippen LogP) is 3.24. The Hall–Kier alpha value is -1.94. The highest BCUT2D eigenvalue weighted by atomic mass is 32.2. The van der Waals surface area contributed by atoms with Gasteiger partial charge in [-0.25, -0.2) is 0 Å². The van der Waals surface area contributed by atoms with Crippen LogP contribution in [0.15, 0.2) is 52.3 Å². The Morgan fingerprint density at radius 1 is 1.16 bits per heavy atom. The lowest BCUT2D eigenvalue weighted by molar-refractivity contribution is -0.134. The van der Waals surface area contributed by atoms with Crippen LogP contribution in [0.1, 0.15) is 11.1 Å². The maximum Gasteiger partial charge on any atom is 0.322 e. The second kappa shape index (κ2) is 4.97. The lowest BCUT2D eigenvalue weighted by atomic mass is 10.0. The molecular weight excluding hydrogens is 258 g/mol. The molecule has 0 atom stereocenters. The molecule has 0 radical (unpaired) electrons. The van der Waals surface area contributed by atoms with E-state index in [2.05, 4.69) is 23.5 Å². The van der Waals surface area contributed by atoms with Gasteiger partial charge < -0.3 is 10.4 Å². The van der Waals surface area contributed by atoms with Crippen molar-refractivity contribution >= 4 is 23.4 Å². The van der Waals surface area contributed by atoms with Gasteiger partial charge in [0, 0.05) is 21.9 Å². The van der Waals surface area contributed by atoms with Gasteiger partial charge in [-0.15, -0.1) is 0 Å². The summed E-state index contributed by atoms with van der Waals surface area (Å²) in [5.74, 6) is -0.846. The summed E-state index contributed by atoms with van der Waals surface area (Å²) in [7, 11) is 0. The quantitative estimate of drug-likeness (QED) is 0.768. The van der Waals surface area contributed by atoms with Crippen LogP contribution in [0.2, 0.25) is 0 Å². The number of rotatable bonds is 3. The number of anilines is 1. The van der Waals surface area contributed by atoms with Crippen molar-refractivity contribution in [3.8, 4) is 0 Å². The molecule has 2 N–H and O–H groups in total. The van der Waals surface area contributed by atoms with Crippen LogP contribution in [0.4, 0.5) is 5.69 Å². The number of carbonyl (C=O) groups is 1. The number of nitrogens with one attached hydrogen (secondary N) is 1. The molecule has 0 aliphatic carbocycles. The van der Waals surface area contributed by atoms with Crippen LogP contribution in [-0.4, -0.2) is 17.6 Å². The SMILES string of the molecule is O=C(O)CNc1cccc2c1Cc1ccccc1S2. The minimum absolute atomic E-state index is 0.0528. The Kier molecular flexibility index (Phi) is 3.17. The molecule has 1 aliphatic heterocycles. The van der Waals surface area contributed by atoms with E-state index in [4.69, 9.17) is 5.11 Å². The standard InChI is InChI=1S/C15H13NO2S/c17-15(18)9-16-12-5-3-7-14-11(12)8-10-4-1-2-6-13(10)19-14/h1-7,16H,8-9H2,(H,17,18). The highest BCUT2D eigenvalue weighted by molar-refractivity contribution is 7.99. The normalized spacial score (nSPS) is 12.4. The Morgan fingerprint density at radius 2 is 1.95 bits per heavy atom. The van der Waals surface area contributed by atoms with E-state index in [1.165, 1.54) is 20.9 Å². The van der Waals surface area contributed by atoms with E-state index in [1.54, 1.807) is 11.8 Å². The first-order chi connectivity index (χ1) is 9.24. The molecule has 0 saturated carbocycles. The number of benzene rings is 2. The molecule has 4 heteroatoms. The Morgan fingerprint density at radius 3 is 2.79 bits per heavy atom. The topological polar surface area (TPSA) is 49.3 Å². The first-order valence-corrected chi connectivity index (χ1v) is 6.89. The molecule has 0 fully saturated rings. The Bertz CT molecular complexity index is 640. The van der Waals surface area contributed by atoms with Crippen LogP contribution in [-0.2, 0) is 11.2 Å². The Balaban J connectivity index is 1.94. The third-order valence-electron chi connectivity index (χ3n) is 3.12. The molecule has 1 heterocycles. The van der Waals surface area contributed by atoms with E-state index in [0.29, 0.717) is 0 Å². The van der Waals surface area contributed by atoms with Crippen molar-refractivity contribution in [2.75, 3.05) is 11.9 Å². The Labute approximate surface area is 115 Å². The molecule has 0 spiro atoms. The highest BCUT2D eigenvalue weighted by Gasteiger charge is 2.18. The number of fused-ring (bicyclic) bond motifs is 2. The van der Waals surface area contributed by atoms with Gasteiger partial charge in [-0.2, -0.15) is 0 Å². The first kappa shape index (κ1) is 12.1. The molecule has 1 aliphatic rings. The molecule has 0 bridgehead atoms. The number of carboxylic acids is 1. The van der Waals surface area contributed by atoms with Gasteiger partial charge in [0.2, 0.25) is 0 Å². The molecule has 96 valence electrons. The molecule has 0 saturated heterocycles. The third kappa shape index (κ3) is 2.44. The second-order valence-corrected chi connectivity index (χ2v) is 5.50. The molecule has 3 nitrogen and oxygen atoms in total. The van der Waals surface area contributed by atoms with Crippen molar-refractivity contribution in [1.29, 1.82) is 0 Å². The summed E-state index contributed by atoms with van der Waals surface area (Å²) in [6.45, 7) is -0.0528. The fraction of sp³-hybridized carbons (Fsp3) is 0.133. The molecule has 0 aromatic heterocycles. The van der Waals surface area contributed by atoms with Crippen molar-refractivity contribution in [3.05, 3.63) is 53.6 Å². The van der Waals surface area contributed by atoms with Crippen LogP contribution in [0.5, 0.6) is 0 Å². The van der Waals surface area contributed by atoms with Gasteiger partial charge in [0.05, 0.1) is 0 Å². The molecule has 0 unspecified atom stereocenters. The van der Waals surface area contributed by atoms with Crippen LogP contribution in [0.3, 0.4) is 0 Å². The van der Waals surface area contributed by atoms with Crippen molar-refractivity contribution in [2.24, 2.45) is 0 Å². The number of carboxylic acid groups (broad SMARTS) is 1. The van der Waals surface area contributed by atoms with Gasteiger partial charge in [-0.1, -0.05) is 36.0 Å². The molecule has 0 amide bonds. The second-order valence-electron chi connectivity index (χ2n) is 4.42. The van der Waals surface area contributed by atoms with E-state index in [1.807, 2.05) is 24.3 Å². The largest absolute Gasteiger partial charge is 0.480 e. The number of hydrogen-bond acceptors (Lipinski definition) is 3. The van der Waals surface area contributed by atoms with Gasteiger partial charge in [0.1, 0.15) is 6.54 Å². The van der Waals surface area contributed by atoms with E-state index in [9.17, 15) is 4.79 Å². The minimum atomic E-state index is -0.846. The predicted molar refractivity (Wildman–Crippen MR) is 75.9 cm³/mol. The molecule has 2 aromatic rings. The first-order valence-electron chi connectivity index (χ1n) is 6.07. The number of aliphatic carboxylic acids is 1. The summed E-state index contributed by atoms with van der Waals surface area (Å²) in [6.07, 6.45) is 0.849. The average molecular weight is 271 g/mol. The third-order valence-corrected chi connectivity index (χ3v) is 4.34. The monoisotopic (exact) mass is 271 g/mol. The van der Waals surface area contributed by atoms with Gasteiger partial charge >= 0.3 is 5.97 Å². The van der Waals surface area contributed by atoms with Crippen molar-refractivity contribution < 1.29 is 9.90 Å². The van der Waals surface area contributed by atoms with Gasteiger partial charge in [0.15, 0.2) is 0 Å². The zero-order chi connectivity index (χ0) is 13.2. The summed E-state index contributed by atoms with van der Waals surface area (Å²) >= 11 is 1.74. The maximum atomic E-state index is 10.7. The maximum absolute atomic E-state index is 10.7. The summed E-state index contributed by atoms with van der Waals surface area (Å²) in [4.78, 5) is 13.2. The smallest absolute Gasteiger partial charge is 0.322 e. The van der Waals surface area contributed by atoms with Crippen molar-refractivity contribution in [3.63, 3.8) is 0 Å². The van der Waals surface area contributed by atoms with Crippen LogP contribution in [0, 0.1) is 0 Å². The summed E-state index contributed by atoms with van der Waals surface area (Å²) in [6, 6.07) is 14.3. The zero-order valence-corrected chi connectivity index (χ0v) is 11.0. The summed E-state index contributed by atoms with van der Waals surface area (Å²) in [5, 5.41) is 11.8. The average Bonchev–Trinajstić information content (AvgIpc) is 2.42. The number of hydrogen-bond donors (Lipinski definition) is 2. The fourth-order valence-electron chi connectivity index (χ4n) is 2.24. The molecule has 3 rings (SSSR count). The lowest BCUT2D eigenvalue weighted by Gasteiger charge is -2.21. The molecule has 19 heavy (non-hydrogen) atoms. The van der Waals surface area contributed by atoms with Gasteiger partial charge in [-0.3, -0.25) is 4.79 Å². The van der Waals surface area contributed by atoms with Crippen LogP contribution >= 0.6 is 11.8 Å². The minimum Gasteiger partial charge on any atom is -0.480 e. The zero-order valence-electron chi connectivity index (χ0n) is 10.2. The van der Waals surface area contributed by atoms with E-state index >= 15 is 0 Å². The van der Waals surface area contributed by atoms with E-state index in [-0.39, 0.29) is 6.54 Å². The molecular formula is C15H13NO2S. The van der Waals surface area contributed by atoms with Gasteiger partial charge in [0.25, 0.3) is 0 Å². The molecule has 2 aromatic carbocycles. The van der Waals surface area contributed by atoms with E-state index in [0.717, 1.165) is 12.1 Å². The van der Waals surface area contributed by atoms with Crippen LogP contribution in [0.25, 0.3) is 0 Å². The van der Waals surface area contributed by atoms with Crippen molar-refractivity contribution in [2.45, 2.75) is 16.2 Å². The summed E-state index contributed by atoms with van der Waals surface area (Å²) in [5.41, 5.74) is 3.40. The summed E-state index contributed by atoms with van der Waals surface area (Å²) < 4.78 is 0. The lowest BCUT2D eigenvalue weighted by Crippen LogP contribution is -2.14.